The van der Waals surface area contributed by atoms with Crippen molar-refractivity contribution in [1.82, 2.24) is 25.9 Å². The van der Waals surface area contributed by atoms with E-state index >= 15 is 0 Å². The third kappa shape index (κ3) is 9.71. The number of rotatable bonds is 15. The Morgan fingerprint density at radius 1 is 1.00 bits per heavy atom. The van der Waals surface area contributed by atoms with Crippen LogP contribution in [0.3, 0.4) is 0 Å². The number of phenolic OH excluding ortho intramolecular Hbond substituents is 1. The SMILES string of the molecule is CSCCC(NC(=O)C(NC(=O)C(N)Cc1cnc[nH]1)C(C)C)C(=O)NC(Cc1ccc(O)cc1)C(=O)O. The predicted octanol–water partition coefficient (Wildman–Crippen LogP) is 0.176. The normalized spacial score (nSPS) is 14.2. The highest BCUT2D eigenvalue weighted by Crippen LogP contribution is 2.12. The molecule has 38 heavy (non-hydrogen) atoms. The molecule has 2 aromatic rings. The number of aromatic amines is 1. The van der Waals surface area contributed by atoms with Gasteiger partial charge in [-0.15, -0.1) is 0 Å². The molecule has 8 N–H and O–H groups in total. The van der Waals surface area contributed by atoms with Gasteiger partial charge in [0.1, 0.15) is 23.9 Å². The lowest BCUT2D eigenvalue weighted by molar-refractivity contribution is -0.142. The minimum atomic E-state index is -1.25. The average Bonchev–Trinajstić information content (AvgIpc) is 3.38. The number of hydrogen-bond acceptors (Lipinski definition) is 8. The number of hydrogen-bond donors (Lipinski definition) is 7. The average molecular weight is 549 g/mol. The van der Waals surface area contributed by atoms with E-state index in [9.17, 15) is 29.4 Å². The van der Waals surface area contributed by atoms with Crippen molar-refractivity contribution < 1.29 is 29.4 Å². The van der Waals surface area contributed by atoms with E-state index < -0.39 is 47.9 Å². The maximum Gasteiger partial charge on any atom is 0.326 e. The molecular formula is C25H36N6O6S. The van der Waals surface area contributed by atoms with E-state index in [1.807, 2.05) is 6.26 Å². The summed E-state index contributed by atoms with van der Waals surface area (Å²) in [5.74, 6) is -2.74. The molecule has 0 fully saturated rings. The molecule has 1 heterocycles. The third-order valence-corrected chi connectivity index (χ3v) is 6.46. The maximum absolute atomic E-state index is 13.2. The van der Waals surface area contributed by atoms with Crippen LogP contribution in [-0.4, -0.2) is 80.0 Å². The van der Waals surface area contributed by atoms with Crippen molar-refractivity contribution in [3.8, 4) is 5.75 Å². The van der Waals surface area contributed by atoms with Gasteiger partial charge in [-0.25, -0.2) is 9.78 Å². The summed E-state index contributed by atoms with van der Waals surface area (Å²) in [6.45, 7) is 3.50. The van der Waals surface area contributed by atoms with Gasteiger partial charge in [0.05, 0.1) is 12.4 Å². The standard InChI is InChI=1S/C25H36N6O6S/c1-14(2)21(31-22(33)18(26)11-16-12-27-13-28-16)24(35)29-19(8-9-38-3)23(34)30-20(25(36)37)10-15-4-6-17(32)7-5-15/h4-7,12-14,18-21,32H,8-11,26H2,1-3H3,(H,27,28)(H,29,35)(H,30,34)(H,31,33)(H,36,37). The van der Waals surface area contributed by atoms with Gasteiger partial charge in [0, 0.05) is 24.7 Å². The van der Waals surface area contributed by atoms with Gasteiger partial charge in [0.25, 0.3) is 0 Å². The summed E-state index contributed by atoms with van der Waals surface area (Å²) in [5.41, 5.74) is 7.28. The first-order valence-electron chi connectivity index (χ1n) is 12.1. The van der Waals surface area contributed by atoms with Crippen LogP contribution in [0.1, 0.15) is 31.5 Å². The van der Waals surface area contributed by atoms with Gasteiger partial charge >= 0.3 is 5.97 Å². The molecular weight excluding hydrogens is 512 g/mol. The van der Waals surface area contributed by atoms with Crippen LogP contribution in [0.2, 0.25) is 0 Å². The fraction of sp³-hybridized carbons (Fsp3) is 0.480. The number of imidazole rings is 1. The van der Waals surface area contributed by atoms with Crippen molar-refractivity contribution in [2.45, 2.75) is 57.3 Å². The zero-order valence-corrected chi connectivity index (χ0v) is 22.5. The first-order chi connectivity index (χ1) is 18.0. The summed E-state index contributed by atoms with van der Waals surface area (Å²) in [4.78, 5) is 57.5. The number of carbonyl (C=O) groups excluding carboxylic acids is 3. The van der Waals surface area contributed by atoms with Crippen molar-refractivity contribution >= 4 is 35.5 Å². The van der Waals surface area contributed by atoms with E-state index in [0.717, 1.165) is 0 Å². The number of H-pyrrole nitrogens is 1. The molecule has 0 aliphatic rings. The molecule has 0 saturated carbocycles. The first kappa shape index (κ1) is 30.6. The van der Waals surface area contributed by atoms with Crippen LogP contribution in [0.25, 0.3) is 0 Å². The van der Waals surface area contributed by atoms with Crippen LogP contribution in [0.15, 0.2) is 36.8 Å². The van der Waals surface area contributed by atoms with Gasteiger partial charge in [-0.05, 0) is 42.0 Å². The Morgan fingerprint density at radius 2 is 1.66 bits per heavy atom. The van der Waals surface area contributed by atoms with Crippen molar-refractivity contribution in [1.29, 1.82) is 0 Å². The second-order valence-corrected chi connectivity index (χ2v) is 10.2. The Hall–Kier alpha value is -3.58. The van der Waals surface area contributed by atoms with Crippen LogP contribution in [0.4, 0.5) is 0 Å². The summed E-state index contributed by atoms with van der Waals surface area (Å²) in [5, 5.41) is 26.9. The number of carboxylic acids is 1. The zero-order valence-electron chi connectivity index (χ0n) is 21.6. The molecule has 4 unspecified atom stereocenters. The topological polar surface area (TPSA) is 200 Å². The minimum Gasteiger partial charge on any atom is -0.508 e. The van der Waals surface area contributed by atoms with Crippen molar-refractivity contribution in [2.75, 3.05) is 12.0 Å². The molecule has 3 amide bonds. The Bertz CT molecular complexity index is 1060. The number of carbonyl (C=O) groups is 4. The Balaban J connectivity index is 2.08. The fourth-order valence-corrected chi connectivity index (χ4v) is 4.10. The number of nitrogens with two attached hydrogens (primary N) is 1. The zero-order chi connectivity index (χ0) is 28.2. The highest BCUT2D eigenvalue weighted by atomic mass is 32.2. The number of carboxylic acid groups (broad SMARTS) is 1. The molecule has 0 spiro atoms. The molecule has 0 saturated heterocycles. The predicted molar refractivity (Wildman–Crippen MR) is 143 cm³/mol. The van der Waals surface area contributed by atoms with Gasteiger partial charge in [-0.3, -0.25) is 14.4 Å². The number of nitrogens with one attached hydrogen (secondary N) is 4. The van der Waals surface area contributed by atoms with E-state index in [1.165, 1.54) is 30.2 Å². The smallest absolute Gasteiger partial charge is 0.326 e. The molecule has 0 bridgehead atoms. The second-order valence-electron chi connectivity index (χ2n) is 9.23. The number of phenols is 1. The number of benzene rings is 1. The van der Waals surface area contributed by atoms with E-state index in [1.54, 1.807) is 32.2 Å². The van der Waals surface area contributed by atoms with Gasteiger partial charge in [0.15, 0.2) is 0 Å². The summed E-state index contributed by atoms with van der Waals surface area (Å²) in [6, 6.07) is 1.84. The second kappa shape index (κ2) is 15.0. The third-order valence-electron chi connectivity index (χ3n) is 5.81. The van der Waals surface area contributed by atoms with Gasteiger partial charge in [-0.2, -0.15) is 11.8 Å². The Labute approximate surface area is 225 Å². The first-order valence-corrected chi connectivity index (χ1v) is 13.5. The van der Waals surface area contributed by atoms with Gasteiger partial charge in [-0.1, -0.05) is 26.0 Å². The largest absolute Gasteiger partial charge is 0.508 e. The number of aliphatic carboxylic acids is 1. The molecule has 208 valence electrons. The lowest BCUT2D eigenvalue weighted by atomic mass is 10.0. The molecule has 4 atom stereocenters. The summed E-state index contributed by atoms with van der Waals surface area (Å²) >= 11 is 1.47. The quantitative estimate of drug-likeness (QED) is 0.162. The molecule has 0 aliphatic heterocycles. The molecule has 0 aliphatic carbocycles. The molecule has 12 nitrogen and oxygen atoms in total. The minimum absolute atomic E-state index is 0.0105. The lowest BCUT2D eigenvalue weighted by Gasteiger charge is -2.27. The lowest BCUT2D eigenvalue weighted by Crippen LogP contribution is -2.58. The molecule has 1 aromatic heterocycles. The highest BCUT2D eigenvalue weighted by molar-refractivity contribution is 7.98. The number of nitrogens with zero attached hydrogens (tertiary/aromatic N) is 1. The van der Waals surface area contributed by atoms with E-state index in [4.69, 9.17) is 5.73 Å². The van der Waals surface area contributed by atoms with Gasteiger partial charge < -0.3 is 36.9 Å². The van der Waals surface area contributed by atoms with Crippen molar-refractivity contribution in [2.24, 2.45) is 11.7 Å². The van der Waals surface area contributed by atoms with Crippen molar-refractivity contribution in [3.05, 3.63) is 48.0 Å². The number of aromatic hydroxyl groups is 1. The molecule has 2 rings (SSSR count). The van der Waals surface area contributed by atoms with Crippen LogP contribution < -0.4 is 21.7 Å². The molecule has 1 aromatic carbocycles. The van der Waals surface area contributed by atoms with Crippen LogP contribution in [0, 0.1) is 5.92 Å². The summed E-state index contributed by atoms with van der Waals surface area (Å²) in [6.07, 6.45) is 5.32. The summed E-state index contributed by atoms with van der Waals surface area (Å²) in [7, 11) is 0. The Kier molecular flexibility index (Phi) is 12.1. The Morgan fingerprint density at radius 3 is 2.21 bits per heavy atom. The van der Waals surface area contributed by atoms with Crippen LogP contribution >= 0.6 is 11.8 Å². The highest BCUT2D eigenvalue weighted by Gasteiger charge is 2.31. The number of amides is 3. The maximum atomic E-state index is 13.2. The van der Waals surface area contributed by atoms with Crippen LogP contribution in [-0.2, 0) is 32.0 Å². The summed E-state index contributed by atoms with van der Waals surface area (Å²) < 4.78 is 0. The number of aromatic nitrogens is 2. The van der Waals surface area contributed by atoms with E-state index in [2.05, 4.69) is 25.9 Å². The number of thioether (sulfide) groups is 1. The van der Waals surface area contributed by atoms with Gasteiger partial charge in [0.2, 0.25) is 17.7 Å². The molecule has 0 radical (unpaired) electrons. The van der Waals surface area contributed by atoms with E-state index in [-0.39, 0.29) is 30.9 Å². The monoisotopic (exact) mass is 548 g/mol. The van der Waals surface area contributed by atoms with Crippen LogP contribution in [0.5, 0.6) is 5.75 Å². The van der Waals surface area contributed by atoms with E-state index in [0.29, 0.717) is 17.0 Å². The van der Waals surface area contributed by atoms with Crippen molar-refractivity contribution in [3.63, 3.8) is 0 Å². The molecule has 13 heteroatoms. The fourth-order valence-electron chi connectivity index (χ4n) is 3.63.